The summed E-state index contributed by atoms with van der Waals surface area (Å²) in [4.78, 5) is 30.6. The third-order valence-corrected chi connectivity index (χ3v) is 6.54. The number of rotatable bonds is 6. The highest BCUT2D eigenvalue weighted by atomic mass is 35.5. The second kappa shape index (κ2) is 10.4. The SMILES string of the molecule is CN1C[C@@H](c2cnc(N)c(-c3ccc(C(=O)NC(CO)c4cccc(Cl)c4)c(F)c3)c2)CCC1=O. The summed E-state index contributed by atoms with van der Waals surface area (Å²) in [5, 5.41) is 12.8. The van der Waals surface area contributed by atoms with Gasteiger partial charge in [-0.3, -0.25) is 9.59 Å². The first kappa shape index (κ1) is 24.6. The first-order valence-corrected chi connectivity index (χ1v) is 11.6. The first-order valence-electron chi connectivity index (χ1n) is 11.2. The molecule has 1 aliphatic heterocycles. The summed E-state index contributed by atoms with van der Waals surface area (Å²) >= 11 is 6.00. The van der Waals surface area contributed by atoms with Gasteiger partial charge in [0, 0.05) is 42.7 Å². The summed E-state index contributed by atoms with van der Waals surface area (Å²) in [6.45, 7) is 0.207. The molecule has 1 fully saturated rings. The molecule has 4 rings (SSSR count). The molecule has 4 N–H and O–H groups in total. The number of nitrogens with one attached hydrogen (secondary N) is 1. The van der Waals surface area contributed by atoms with Gasteiger partial charge in [0.25, 0.3) is 5.91 Å². The van der Waals surface area contributed by atoms with E-state index < -0.39 is 17.8 Å². The standard InChI is InChI=1S/C26H26ClFN4O3/c1-32-13-17(6-8-24(32)34)18-10-21(25(29)30-12-18)15-5-7-20(22(28)11-15)26(35)31-23(14-33)16-3-2-4-19(27)9-16/h2-5,7,9-12,17,23,33H,6,8,13-14H2,1H3,(H2,29,30)(H,31,35)/t17-,23?/m0/s1. The molecule has 1 aliphatic rings. The van der Waals surface area contributed by atoms with Crippen molar-refractivity contribution in [1.82, 2.24) is 15.2 Å². The van der Waals surface area contributed by atoms with E-state index in [-0.39, 0.29) is 29.8 Å². The molecule has 0 bridgehead atoms. The quantitative estimate of drug-likeness (QED) is 0.479. The van der Waals surface area contributed by atoms with Crippen LogP contribution in [-0.2, 0) is 4.79 Å². The number of benzene rings is 2. The van der Waals surface area contributed by atoms with Gasteiger partial charge in [-0.2, -0.15) is 0 Å². The van der Waals surface area contributed by atoms with Crippen LogP contribution in [-0.4, -0.2) is 47.0 Å². The number of hydrogen-bond donors (Lipinski definition) is 3. The molecule has 1 aromatic heterocycles. The molecule has 2 atom stereocenters. The zero-order valence-corrected chi connectivity index (χ0v) is 19.9. The predicted octanol–water partition coefficient (Wildman–Crippen LogP) is 3.92. The van der Waals surface area contributed by atoms with Crippen LogP contribution in [0.1, 0.15) is 46.3 Å². The molecule has 0 spiro atoms. The smallest absolute Gasteiger partial charge is 0.254 e. The number of halogens is 2. The largest absolute Gasteiger partial charge is 0.394 e. The Morgan fingerprint density at radius 1 is 1.31 bits per heavy atom. The Kier molecular flexibility index (Phi) is 7.33. The lowest BCUT2D eigenvalue weighted by Crippen LogP contribution is -2.35. The van der Waals surface area contributed by atoms with Gasteiger partial charge in [0.1, 0.15) is 11.6 Å². The van der Waals surface area contributed by atoms with Crippen LogP contribution < -0.4 is 11.1 Å². The third-order valence-electron chi connectivity index (χ3n) is 6.30. The fourth-order valence-electron chi connectivity index (χ4n) is 4.29. The van der Waals surface area contributed by atoms with E-state index in [4.69, 9.17) is 17.3 Å². The molecular weight excluding hydrogens is 471 g/mol. The number of aliphatic hydroxyl groups excluding tert-OH is 1. The summed E-state index contributed by atoms with van der Waals surface area (Å²) in [7, 11) is 1.77. The van der Waals surface area contributed by atoms with Gasteiger partial charge in [0.2, 0.25) is 5.91 Å². The van der Waals surface area contributed by atoms with Gasteiger partial charge in [0.05, 0.1) is 18.2 Å². The zero-order valence-electron chi connectivity index (χ0n) is 19.2. The van der Waals surface area contributed by atoms with Gasteiger partial charge in [-0.15, -0.1) is 0 Å². The Balaban J connectivity index is 1.56. The molecule has 0 saturated carbocycles. The van der Waals surface area contributed by atoms with E-state index in [9.17, 15) is 14.7 Å². The van der Waals surface area contributed by atoms with Gasteiger partial charge in [-0.1, -0.05) is 29.8 Å². The number of nitrogen functional groups attached to an aromatic ring is 1. The number of hydrogen-bond acceptors (Lipinski definition) is 5. The van der Waals surface area contributed by atoms with Crippen LogP contribution in [0.15, 0.2) is 54.7 Å². The van der Waals surface area contributed by atoms with Gasteiger partial charge in [-0.25, -0.2) is 9.37 Å². The minimum Gasteiger partial charge on any atom is -0.394 e. The highest BCUT2D eigenvalue weighted by Crippen LogP contribution is 2.32. The van der Waals surface area contributed by atoms with Crippen molar-refractivity contribution in [2.45, 2.75) is 24.8 Å². The maximum Gasteiger partial charge on any atom is 0.254 e. The highest BCUT2D eigenvalue weighted by Gasteiger charge is 2.25. The van der Waals surface area contributed by atoms with Crippen LogP contribution in [0, 0.1) is 5.82 Å². The molecule has 0 radical (unpaired) electrons. The first-order chi connectivity index (χ1) is 16.8. The van der Waals surface area contributed by atoms with Crippen molar-refractivity contribution in [3.05, 3.63) is 82.3 Å². The Hall–Kier alpha value is -3.49. The lowest BCUT2D eigenvalue weighted by atomic mass is 9.90. The molecule has 0 aliphatic carbocycles. The van der Waals surface area contributed by atoms with Crippen LogP contribution in [0.4, 0.5) is 10.2 Å². The molecule has 2 aromatic carbocycles. The van der Waals surface area contributed by atoms with E-state index in [1.807, 2.05) is 6.07 Å². The van der Waals surface area contributed by atoms with Crippen molar-refractivity contribution < 1.29 is 19.1 Å². The number of anilines is 1. The number of carbonyl (C=O) groups is 2. The van der Waals surface area contributed by atoms with E-state index in [0.29, 0.717) is 41.1 Å². The number of aromatic nitrogens is 1. The highest BCUT2D eigenvalue weighted by molar-refractivity contribution is 6.30. The third kappa shape index (κ3) is 5.44. The fraction of sp³-hybridized carbons (Fsp3) is 0.269. The van der Waals surface area contributed by atoms with Crippen LogP contribution in [0.5, 0.6) is 0 Å². The Labute approximate surface area is 207 Å². The minimum absolute atomic E-state index is 0.111. The number of nitrogens with two attached hydrogens (primary N) is 1. The van der Waals surface area contributed by atoms with Crippen LogP contribution in [0.3, 0.4) is 0 Å². The van der Waals surface area contributed by atoms with Crippen molar-refractivity contribution in [3.63, 3.8) is 0 Å². The van der Waals surface area contributed by atoms with Gasteiger partial charge in [-0.05, 0) is 53.4 Å². The maximum absolute atomic E-state index is 15.0. The number of nitrogens with zero attached hydrogens (tertiary/aromatic N) is 2. The second-order valence-electron chi connectivity index (χ2n) is 8.67. The van der Waals surface area contributed by atoms with Crippen molar-refractivity contribution in [3.8, 4) is 11.1 Å². The summed E-state index contributed by atoms with van der Waals surface area (Å²) < 4.78 is 15.0. The summed E-state index contributed by atoms with van der Waals surface area (Å²) in [5.41, 5.74) is 8.50. The number of aliphatic hydroxyl groups is 1. The van der Waals surface area contributed by atoms with E-state index in [2.05, 4.69) is 10.3 Å². The Bertz CT molecular complexity index is 1270. The summed E-state index contributed by atoms with van der Waals surface area (Å²) in [6, 6.07) is 12.1. The lowest BCUT2D eigenvalue weighted by Gasteiger charge is -2.30. The lowest BCUT2D eigenvalue weighted by molar-refractivity contribution is -0.132. The predicted molar refractivity (Wildman–Crippen MR) is 132 cm³/mol. The average Bonchev–Trinajstić information content (AvgIpc) is 2.84. The Morgan fingerprint density at radius 3 is 2.80 bits per heavy atom. The molecule has 35 heavy (non-hydrogen) atoms. The topological polar surface area (TPSA) is 109 Å². The van der Waals surface area contributed by atoms with E-state index >= 15 is 4.39 Å². The molecule has 7 nitrogen and oxygen atoms in total. The van der Waals surface area contributed by atoms with Crippen molar-refractivity contribution in [2.75, 3.05) is 25.9 Å². The molecule has 1 saturated heterocycles. The molecule has 2 heterocycles. The number of carbonyl (C=O) groups excluding carboxylic acids is 2. The minimum atomic E-state index is -0.739. The van der Waals surface area contributed by atoms with E-state index in [0.717, 1.165) is 5.56 Å². The zero-order chi connectivity index (χ0) is 25.1. The van der Waals surface area contributed by atoms with Crippen molar-refractivity contribution in [1.29, 1.82) is 0 Å². The van der Waals surface area contributed by atoms with E-state index in [1.54, 1.807) is 48.5 Å². The van der Waals surface area contributed by atoms with Crippen molar-refractivity contribution >= 4 is 29.2 Å². The molecule has 9 heteroatoms. The average molecular weight is 497 g/mol. The number of piperidine rings is 1. The number of pyridine rings is 1. The normalized spacial score (nSPS) is 16.7. The molecule has 1 unspecified atom stereocenters. The number of amides is 2. The van der Waals surface area contributed by atoms with Crippen LogP contribution in [0.25, 0.3) is 11.1 Å². The molecular formula is C26H26ClFN4O3. The molecule has 3 aromatic rings. The van der Waals surface area contributed by atoms with Gasteiger partial charge >= 0.3 is 0 Å². The monoisotopic (exact) mass is 496 g/mol. The maximum atomic E-state index is 15.0. The molecule has 182 valence electrons. The van der Waals surface area contributed by atoms with Gasteiger partial charge < -0.3 is 21.1 Å². The Morgan fingerprint density at radius 2 is 2.11 bits per heavy atom. The van der Waals surface area contributed by atoms with Gasteiger partial charge in [0.15, 0.2) is 0 Å². The number of likely N-dealkylation sites (N-methyl/N-ethyl adjacent to an activating group) is 1. The molecule has 2 amide bonds. The fourth-order valence-corrected chi connectivity index (χ4v) is 4.49. The second-order valence-corrected chi connectivity index (χ2v) is 9.11. The van der Waals surface area contributed by atoms with E-state index in [1.165, 1.54) is 12.1 Å². The number of likely N-dealkylation sites (tertiary alicyclic amines) is 1. The summed E-state index contributed by atoms with van der Waals surface area (Å²) in [5.74, 6) is -0.925. The summed E-state index contributed by atoms with van der Waals surface area (Å²) in [6.07, 6.45) is 2.86. The van der Waals surface area contributed by atoms with Crippen LogP contribution >= 0.6 is 11.6 Å². The van der Waals surface area contributed by atoms with Crippen LogP contribution in [0.2, 0.25) is 5.02 Å². The van der Waals surface area contributed by atoms with Crippen molar-refractivity contribution in [2.24, 2.45) is 0 Å².